The summed E-state index contributed by atoms with van der Waals surface area (Å²) in [5, 5.41) is 0.192. The van der Waals surface area contributed by atoms with Crippen LogP contribution in [0.15, 0.2) is 0 Å². The molecule has 3 fully saturated rings. The Bertz CT molecular complexity index is 393. The second-order valence-electron chi connectivity index (χ2n) is 6.84. The van der Waals surface area contributed by atoms with Gasteiger partial charge < -0.3 is 9.80 Å². The zero-order chi connectivity index (χ0) is 15.4. The van der Waals surface area contributed by atoms with Gasteiger partial charge in [0.15, 0.2) is 0 Å². The van der Waals surface area contributed by atoms with Gasteiger partial charge in [-0.15, -0.1) is 11.8 Å². The molecule has 0 N–H and O–H groups in total. The zero-order valence-corrected chi connectivity index (χ0v) is 14.3. The number of piperidine rings is 1. The molecule has 0 radical (unpaired) electrons. The normalized spacial score (nSPS) is 27.7. The van der Waals surface area contributed by atoms with Crippen LogP contribution in [0.1, 0.15) is 51.4 Å². The minimum atomic E-state index is 0.151. The maximum Gasteiger partial charge on any atom is 0.235 e. The predicted octanol–water partition coefficient (Wildman–Crippen LogP) is 2.52. The molecule has 0 aromatic rings. The van der Waals surface area contributed by atoms with Gasteiger partial charge in [0.25, 0.3) is 0 Å². The lowest BCUT2D eigenvalue weighted by Gasteiger charge is -2.35. The summed E-state index contributed by atoms with van der Waals surface area (Å²) in [6, 6.07) is 0. The molecule has 0 aromatic carbocycles. The summed E-state index contributed by atoms with van der Waals surface area (Å²) in [7, 11) is 0. The Morgan fingerprint density at radius 1 is 0.727 bits per heavy atom. The van der Waals surface area contributed by atoms with Gasteiger partial charge >= 0.3 is 0 Å². The first-order chi connectivity index (χ1) is 10.8. The molecule has 4 nitrogen and oxygen atoms in total. The number of rotatable bonds is 2. The highest BCUT2D eigenvalue weighted by molar-refractivity contribution is 8.00. The number of amides is 2. The molecule has 0 bridgehead atoms. The molecule has 3 aliphatic heterocycles. The molecule has 3 heterocycles. The van der Waals surface area contributed by atoms with Crippen LogP contribution in [0.4, 0.5) is 0 Å². The van der Waals surface area contributed by atoms with Gasteiger partial charge in [-0.05, 0) is 44.3 Å². The molecule has 0 saturated carbocycles. The SMILES string of the molecule is O=C(C1CCN(C(=O)[C@H]2CCCS2)CC1)N1CCCCCC1. The van der Waals surface area contributed by atoms with Crippen molar-refractivity contribution in [2.45, 2.75) is 56.6 Å². The first kappa shape index (κ1) is 16.2. The minimum Gasteiger partial charge on any atom is -0.342 e. The van der Waals surface area contributed by atoms with Crippen molar-refractivity contribution in [3.05, 3.63) is 0 Å². The van der Waals surface area contributed by atoms with Gasteiger partial charge in [-0.2, -0.15) is 0 Å². The number of hydrogen-bond donors (Lipinski definition) is 0. The van der Waals surface area contributed by atoms with Gasteiger partial charge in [-0.25, -0.2) is 0 Å². The molecule has 0 aliphatic carbocycles. The van der Waals surface area contributed by atoms with E-state index in [1.165, 1.54) is 19.3 Å². The van der Waals surface area contributed by atoms with Crippen molar-refractivity contribution >= 4 is 23.6 Å². The monoisotopic (exact) mass is 324 g/mol. The van der Waals surface area contributed by atoms with Gasteiger partial charge in [-0.1, -0.05) is 12.8 Å². The van der Waals surface area contributed by atoms with Gasteiger partial charge in [0.05, 0.1) is 5.25 Å². The van der Waals surface area contributed by atoms with Crippen LogP contribution in [0, 0.1) is 5.92 Å². The quantitative estimate of drug-likeness (QED) is 0.784. The standard InChI is InChI=1S/C17H28N2O2S/c20-16(18-9-3-1-2-4-10-18)14-7-11-19(12-8-14)17(21)15-6-5-13-22-15/h14-15H,1-13H2/t15-/m1/s1. The minimum absolute atomic E-state index is 0.151. The second kappa shape index (κ2) is 7.71. The van der Waals surface area contributed by atoms with Crippen molar-refractivity contribution in [1.29, 1.82) is 0 Å². The third-order valence-electron chi connectivity index (χ3n) is 5.28. The molecule has 1 atom stereocenters. The zero-order valence-electron chi connectivity index (χ0n) is 13.5. The number of hydrogen-bond acceptors (Lipinski definition) is 3. The molecule has 124 valence electrons. The van der Waals surface area contributed by atoms with Crippen LogP contribution in [0.3, 0.4) is 0 Å². The summed E-state index contributed by atoms with van der Waals surface area (Å²) in [5.41, 5.74) is 0. The fourth-order valence-electron chi connectivity index (χ4n) is 3.87. The molecular weight excluding hydrogens is 296 g/mol. The van der Waals surface area contributed by atoms with E-state index in [0.29, 0.717) is 11.8 Å². The molecule has 0 unspecified atom stereocenters. The lowest BCUT2D eigenvalue weighted by Crippen LogP contribution is -2.46. The maximum absolute atomic E-state index is 12.7. The van der Waals surface area contributed by atoms with Crippen molar-refractivity contribution in [2.75, 3.05) is 31.9 Å². The number of carbonyl (C=O) groups is 2. The Kier molecular flexibility index (Phi) is 5.66. The van der Waals surface area contributed by atoms with Crippen LogP contribution in [0.25, 0.3) is 0 Å². The molecule has 3 saturated heterocycles. The maximum atomic E-state index is 12.7. The van der Waals surface area contributed by atoms with E-state index in [0.717, 1.165) is 64.0 Å². The van der Waals surface area contributed by atoms with E-state index < -0.39 is 0 Å². The van der Waals surface area contributed by atoms with Crippen molar-refractivity contribution < 1.29 is 9.59 Å². The first-order valence-electron chi connectivity index (χ1n) is 8.95. The highest BCUT2D eigenvalue weighted by atomic mass is 32.2. The van der Waals surface area contributed by atoms with E-state index in [9.17, 15) is 9.59 Å². The summed E-state index contributed by atoms with van der Waals surface area (Å²) < 4.78 is 0. The number of likely N-dealkylation sites (tertiary alicyclic amines) is 2. The molecule has 3 aliphatic rings. The average Bonchev–Trinajstić information content (AvgIpc) is 2.96. The van der Waals surface area contributed by atoms with E-state index in [1.807, 2.05) is 16.7 Å². The summed E-state index contributed by atoms with van der Waals surface area (Å²) in [6.07, 6.45) is 8.76. The number of thioether (sulfide) groups is 1. The van der Waals surface area contributed by atoms with E-state index in [-0.39, 0.29) is 11.2 Å². The Morgan fingerprint density at radius 2 is 1.36 bits per heavy atom. The van der Waals surface area contributed by atoms with Gasteiger partial charge in [0.2, 0.25) is 11.8 Å². The average molecular weight is 324 g/mol. The van der Waals surface area contributed by atoms with Gasteiger partial charge in [-0.3, -0.25) is 9.59 Å². The van der Waals surface area contributed by atoms with Crippen molar-refractivity contribution in [2.24, 2.45) is 5.92 Å². The third kappa shape index (κ3) is 3.79. The lowest BCUT2D eigenvalue weighted by atomic mass is 9.94. The van der Waals surface area contributed by atoms with E-state index in [2.05, 4.69) is 4.90 Å². The summed E-state index contributed by atoms with van der Waals surface area (Å²) in [4.78, 5) is 29.2. The molecule has 0 aromatic heterocycles. The highest BCUT2D eigenvalue weighted by Crippen LogP contribution is 2.29. The predicted molar refractivity (Wildman–Crippen MR) is 89.8 cm³/mol. The second-order valence-corrected chi connectivity index (χ2v) is 8.15. The van der Waals surface area contributed by atoms with Crippen LogP contribution in [0.2, 0.25) is 0 Å². The fourth-order valence-corrected chi connectivity index (χ4v) is 5.11. The third-order valence-corrected chi connectivity index (χ3v) is 6.64. The summed E-state index contributed by atoms with van der Waals surface area (Å²) in [6.45, 7) is 3.44. The van der Waals surface area contributed by atoms with Crippen LogP contribution in [-0.4, -0.2) is 58.8 Å². The Morgan fingerprint density at radius 3 is 1.95 bits per heavy atom. The summed E-state index contributed by atoms with van der Waals surface area (Å²) >= 11 is 1.81. The largest absolute Gasteiger partial charge is 0.342 e. The van der Waals surface area contributed by atoms with E-state index in [4.69, 9.17) is 0 Å². The van der Waals surface area contributed by atoms with Crippen molar-refractivity contribution in [3.8, 4) is 0 Å². The smallest absolute Gasteiger partial charge is 0.235 e. The number of nitrogens with zero attached hydrogens (tertiary/aromatic N) is 2. The van der Waals surface area contributed by atoms with Crippen LogP contribution < -0.4 is 0 Å². The Hall–Kier alpha value is -0.710. The van der Waals surface area contributed by atoms with Crippen LogP contribution >= 0.6 is 11.8 Å². The van der Waals surface area contributed by atoms with Crippen molar-refractivity contribution in [1.82, 2.24) is 9.80 Å². The molecule has 0 spiro atoms. The molecule has 5 heteroatoms. The molecule has 3 rings (SSSR count). The van der Waals surface area contributed by atoms with Crippen LogP contribution in [0.5, 0.6) is 0 Å². The van der Waals surface area contributed by atoms with E-state index in [1.54, 1.807) is 0 Å². The Balaban J connectivity index is 1.48. The van der Waals surface area contributed by atoms with Gasteiger partial charge in [0, 0.05) is 32.1 Å². The van der Waals surface area contributed by atoms with E-state index >= 15 is 0 Å². The molecular formula is C17H28N2O2S. The fraction of sp³-hybridized carbons (Fsp3) is 0.882. The Labute approximate surface area is 138 Å². The van der Waals surface area contributed by atoms with Crippen LogP contribution in [-0.2, 0) is 9.59 Å². The molecule has 22 heavy (non-hydrogen) atoms. The first-order valence-corrected chi connectivity index (χ1v) is 10.00. The highest BCUT2D eigenvalue weighted by Gasteiger charge is 2.33. The lowest BCUT2D eigenvalue weighted by molar-refractivity contribution is -0.140. The summed E-state index contributed by atoms with van der Waals surface area (Å²) in [5.74, 6) is 1.95. The number of carbonyl (C=O) groups excluding carboxylic acids is 2. The molecule has 2 amide bonds. The van der Waals surface area contributed by atoms with Gasteiger partial charge in [0.1, 0.15) is 0 Å². The van der Waals surface area contributed by atoms with Crippen molar-refractivity contribution in [3.63, 3.8) is 0 Å². The topological polar surface area (TPSA) is 40.6 Å².